The summed E-state index contributed by atoms with van der Waals surface area (Å²) < 4.78 is 0. The van der Waals surface area contributed by atoms with Gasteiger partial charge in [-0.1, -0.05) is 6.07 Å². The van der Waals surface area contributed by atoms with Gasteiger partial charge in [-0.3, -0.25) is 9.97 Å². The molecule has 0 radical (unpaired) electrons. The van der Waals surface area contributed by atoms with E-state index >= 15 is 0 Å². The van der Waals surface area contributed by atoms with Crippen molar-refractivity contribution >= 4 is 11.0 Å². The van der Waals surface area contributed by atoms with Gasteiger partial charge in [0.05, 0.1) is 29.0 Å². The van der Waals surface area contributed by atoms with E-state index in [-0.39, 0.29) is 0 Å². The molecule has 3 aromatic rings. The number of aromatic nitrogens is 4. The van der Waals surface area contributed by atoms with Crippen LogP contribution >= 0.6 is 0 Å². The van der Waals surface area contributed by atoms with Crippen molar-refractivity contribution < 1.29 is 0 Å². The highest BCUT2D eigenvalue weighted by molar-refractivity contribution is 5.76. The second-order valence-corrected chi connectivity index (χ2v) is 4.29. The first-order valence-electron chi connectivity index (χ1n) is 5.90. The minimum atomic E-state index is -0.415. The number of nitrogens with zero attached hydrogens (tertiary/aromatic N) is 4. The van der Waals surface area contributed by atoms with Crippen molar-refractivity contribution in [3.8, 4) is 6.07 Å². The number of aromatic amines is 1. The van der Waals surface area contributed by atoms with Crippen molar-refractivity contribution in [3.05, 3.63) is 53.9 Å². The SMILES string of the molecule is Cc1nc2ccc(C(C#N)c3cnccn3)cc2[nH]1. The highest BCUT2D eigenvalue weighted by atomic mass is 14.9. The Kier molecular flexibility index (Phi) is 2.69. The molecular weight excluding hydrogens is 238 g/mol. The standard InChI is InChI=1S/C14H11N5/c1-9-18-12-3-2-10(6-13(12)19-9)11(7-15)14-8-16-4-5-17-14/h2-6,8,11H,1H3,(H,18,19). The molecular formula is C14H11N5. The van der Waals surface area contributed by atoms with Crippen molar-refractivity contribution in [1.29, 1.82) is 5.26 Å². The van der Waals surface area contributed by atoms with Gasteiger partial charge in [0.2, 0.25) is 0 Å². The number of imidazole rings is 1. The number of nitrogens with one attached hydrogen (secondary N) is 1. The normalized spacial score (nSPS) is 12.2. The lowest BCUT2D eigenvalue weighted by Crippen LogP contribution is -2.01. The molecule has 0 aliphatic heterocycles. The van der Waals surface area contributed by atoms with Gasteiger partial charge in [0.1, 0.15) is 11.7 Å². The summed E-state index contributed by atoms with van der Waals surface area (Å²) in [4.78, 5) is 15.7. The summed E-state index contributed by atoms with van der Waals surface area (Å²) in [6.45, 7) is 1.91. The molecule has 0 aliphatic carbocycles. The van der Waals surface area contributed by atoms with E-state index in [9.17, 15) is 5.26 Å². The van der Waals surface area contributed by atoms with Crippen LogP contribution in [0.2, 0.25) is 0 Å². The van der Waals surface area contributed by atoms with E-state index in [1.807, 2.05) is 25.1 Å². The van der Waals surface area contributed by atoms with Gasteiger partial charge in [-0.2, -0.15) is 5.26 Å². The van der Waals surface area contributed by atoms with E-state index in [0.29, 0.717) is 5.69 Å². The van der Waals surface area contributed by atoms with Gasteiger partial charge in [-0.15, -0.1) is 0 Å². The summed E-state index contributed by atoms with van der Waals surface area (Å²) in [5, 5.41) is 9.37. The van der Waals surface area contributed by atoms with E-state index in [4.69, 9.17) is 0 Å². The smallest absolute Gasteiger partial charge is 0.115 e. The predicted octanol–water partition coefficient (Wildman–Crippen LogP) is 2.32. The molecule has 0 saturated heterocycles. The number of hydrogen-bond acceptors (Lipinski definition) is 4. The molecule has 0 amide bonds. The monoisotopic (exact) mass is 249 g/mol. The first-order chi connectivity index (χ1) is 9.28. The maximum atomic E-state index is 9.37. The quantitative estimate of drug-likeness (QED) is 0.756. The molecule has 1 aromatic carbocycles. The second-order valence-electron chi connectivity index (χ2n) is 4.29. The van der Waals surface area contributed by atoms with Crippen LogP contribution in [0.4, 0.5) is 0 Å². The molecule has 1 unspecified atom stereocenters. The van der Waals surface area contributed by atoms with Crippen LogP contribution in [0.5, 0.6) is 0 Å². The van der Waals surface area contributed by atoms with E-state index in [2.05, 4.69) is 26.0 Å². The average Bonchev–Trinajstić information content (AvgIpc) is 2.80. The van der Waals surface area contributed by atoms with Crippen LogP contribution in [0.1, 0.15) is 23.0 Å². The highest BCUT2D eigenvalue weighted by Gasteiger charge is 2.15. The zero-order valence-corrected chi connectivity index (χ0v) is 10.3. The topological polar surface area (TPSA) is 78.2 Å². The fourth-order valence-corrected chi connectivity index (χ4v) is 2.11. The van der Waals surface area contributed by atoms with Crippen LogP contribution in [0.15, 0.2) is 36.8 Å². The molecule has 1 atom stereocenters. The zero-order valence-electron chi connectivity index (χ0n) is 10.3. The molecule has 2 heterocycles. The largest absolute Gasteiger partial charge is 0.342 e. The lowest BCUT2D eigenvalue weighted by molar-refractivity contribution is 0.944. The van der Waals surface area contributed by atoms with Crippen LogP contribution in [-0.2, 0) is 0 Å². The molecule has 0 bridgehead atoms. The third-order valence-electron chi connectivity index (χ3n) is 2.97. The van der Waals surface area contributed by atoms with Crippen LogP contribution < -0.4 is 0 Å². The minimum absolute atomic E-state index is 0.415. The molecule has 0 saturated carbocycles. The summed E-state index contributed by atoms with van der Waals surface area (Å²) in [6.07, 6.45) is 4.81. The Morgan fingerprint density at radius 3 is 2.95 bits per heavy atom. The molecule has 0 aliphatic rings. The van der Waals surface area contributed by atoms with E-state index in [0.717, 1.165) is 22.4 Å². The Bertz CT molecular complexity index is 754. The third-order valence-corrected chi connectivity index (χ3v) is 2.97. The molecule has 1 N–H and O–H groups in total. The number of benzene rings is 1. The Hall–Kier alpha value is -2.74. The first kappa shape index (κ1) is 11.4. The number of fused-ring (bicyclic) bond motifs is 1. The van der Waals surface area contributed by atoms with Gasteiger partial charge in [0.25, 0.3) is 0 Å². The molecule has 19 heavy (non-hydrogen) atoms. The van der Waals surface area contributed by atoms with Gasteiger partial charge in [0, 0.05) is 12.4 Å². The lowest BCUT2D eigenvalue weighted by atomic mass is 9.97. The fraction of sp³-hybridized carbons (Fsp3) is 0.143. The lowest BCUT2D eigenvalue weighted by Gasteiger charge is -2.07. The summed E-state index contributed by atoms with van der Waals surface area (Å²) >= 11 is 0. The van der Waals surface area contributed by atoms with Gasteiger partial charge in [-0.25, -0.2) is 4.98 Å². The van der Waals surface area contributed by atoms with Crippen LogP contribution in [0, 0.1) is 18.3 Å². The Morgan fingerprint density at radius 2 is 2.21 bits per heavy atom. The molecule has 5 nitrogen and oxygen atoms in total. The summed E-state index contributed by atoms with van der Waals surface area (Å²) in [5.41, 5.74) is 3.37. The van der Waals surface area contributed by atoms with E-state index in [1.54, 1.807) is 18.6 Å². The van der Waals surface area contributed by atoms with Crippen LogP contribution in [0.25, 0.3) is 11.0 Å². The van der Waals surface area contributed by atoms with Crippen molar-refractivity contribution in [2.45, 2.75) is 12.8 Å². The Morgan fingerprint density at radius 1 is 1.32 bits per heavy atom. The molecule has 92 valence electrons. The van der Waals surface area contributed by atoms with Crippen LogP contribution in [0.3, 0.4) is 0 Å². The molecule has 0 fully saturated rings. The van der Waals surface area contributed by atoms with Crippen molar-refractivity contribution in [2.24, 2.45) is 0 Å². The number of H-pyrrole nitrogens is 1. The van der Waals surface area contributed by atoms with Gasteiger partial charge in [-0.05, 0) is 24.6 Å². The Labute approximate surface area is 110 Å². The van der Waals surface area contributed by atoms with E-state index in [1.165, 1.54) is 0 Å². The minimum Gasteiger partial charge on any atom is -0.342 e. The zero-order chi connectivity index (χ0) is 13.2. The third kappa shape index (κ3) is 2.04. The second kappa shape index (κ2) is 4.50. The average molecular weight is 249 g/mol. The van der Waals surface area contributed by atoms with Crippen LogP contribution in [-0.4, -0.2) is 19.9 Å². The predicted molar refractivity (Wildman–Crippen MR) is 70.3 cm³/mol. The Balaban J connectivity index is 2.09. The summed E-state index contributed by atoms with van der Waals surface area (Å²) in [6, 6.07) is 8.03. The summed E-state index contributed by atoms with van der Waals surface area (Å²) in [7, 11) is 0. The highest BCUT2D eigenvalue weighted by Crippen LogP contribution is 2.24. The van der Waals surface area contributed by atoms with Gasteiger partial charge >= 0.3 is 0 Å². The number of hydrogen-bond donors (Lipinski definition) is 1. The maximum Gasteiger partial charge on any atom is 0.115 e. The summed E-state index contributed by atoms with van der Waals surface area (Å²) in [5.74, 6) is 0.446. The van der Waals surface area contributed by atoms with Gasteiger partial charge < -0.3 is 4.98 Å². The van der Waals surface area contributed by atoms with E-state index < -0.39 is 5.92 Å². The number of nitriles is 1. The van der Waals surface area contributed by atoms with Crippen molar-refractivity contribution in [1.82, 2.24) is 19.9 Å². The first-order valence-corrected chi connectivity index (χ1v) is 5.90. The molecule has 2 aromatic heterocycles. The van der Waals surface area contributed by atoms with Gasteiger partial charge in [0.15, 0.2) is 0 Å². The van der Waals surface area contributed by atoms with Crippen molar-refractivity contribution in [3.63, 3.8) is 0 Å². The fourth-order valence-electron chi connectivity index (χ4n) is 2.11. The number of aryl methyl sites for hydroxylation is 1. The molecule has 5 heteroatoms. The number of rotatable bonds is 2. The maximum absolute atomic E-state index is 9.37. The van der Waals surface area contributed by atoms with Crippen molar-refractivity contribution in [2.75, 3.05) is 0 Å². The molecule has 3 rings (SSSR count). The molecule has 0 spiro atoms.